The number of piperidine rings is 2. The van der Waals surface area contributed by atoms with Crippen LogP contribution in [0.4, 0.5) is 0 Å². The molecule has 2 saturated heterocycles. The fourth-order valence-corrected chi connectivity index (χ4v) is 4.02. The van der Waals surface area contributed by atoms with E-state index in [4.69, 9.17) is 4.74 Å². The van der Waals surface area contributed by atoms with E-state index in [2.05, 4.69) is 18.7 Å². The smallest absolute Gasteiger partial charge is 0.248 e. The van der Waals surface area contributed by atoms with E-state index in [1.54, 1.807) is 0 Å². The maximum absolute atomic E-state index is 12.4. The molecule has 0 atom stereocenters. The molecule has 2 aliphatic heterocycles. The van der Waals surface area contributed by atoms with Gasteiger partial charge in [0.05, 0.1) is 6.54 Å². The van der Waals surface area contributed by atoms with E-state index < -0.39 is 0 Å². The first-order valence-electron chi connectivity index (χ1n) is 10.3. The van der Waals surface area contributed by atoms with Crippen molar-refractivity contribution < 1.29 is 14.3 Å². The molecule has 150 valence electrons. The van der Waals surface area contributed by atoms with Crippen LogP contribution in [0.3, 0.4) is 0 Å². The molecular formula is C20H37N3O3. The summed E-state index contributed by atoms with van der Waals surface area (Å²) in [4.78, 5) is 30.6. The molecule has 2 heterocycles. The highest BCUT2D eigenvalue weighted by molar-refractivity contribution is 5.78. The van der Waals surface area contributed by atoms with Gasteiger partial charge in [0.1, 0.15) is 6.61 Å². The Labute approximate surface area is 158 Å². The lowest BCUT2D eigenvalue weighted by atomic mass is 9.79. The fraction of sp³-hybridized carbons (Fsp3) is 0.900. The first-order chi connectivity index (χ1) is 12.4. The van der Waals surface area contributed by atoms with Gasteiger partial charge in [0.15, 0.2) is 0 Å². The van der Waals surface area contributed by atoms with Crippen LogP contribution in [0.25, 0.3) is 0 Å². The lowest BCUT2D eigenvalue weighted by Crippen LogP contribution is -2.47. The van der Waals surface area contributed by atoms with Crippen molar-refractivity contribution in [3.8, 4) is 0 Å². The monoisotopic (exact) mass is 367 g/mol. The minimum absolute atomic E-state index is 0.125. The molecule has 0 radical (unpaired) electrons. The number of hydrogen-bond donors (Lipinski definition) is 0. The Morgan fingerprint density at radius 1 is 0.962 bits per heavy atom. The van der Waals surface area contributed by atoms with Crippen LogP contribution in [-0.2, 0) is 14.3 Å². The first-order valence-corrected chi connectivity index (χ1v) is 10.3. The Balaban J connectivity index is 1.70. The van der Waals surface area contributed by atoms with E-state index in [1.165, 1.54) is 0 Å². The summed E-state index contributed by atoms with van der Waals surface area (Å²) in [6.07, 6.45) is 4.39. The van der Waals surface area contributed by atoms with Gasteiger partial charge in [-0.1, -0.05) is 0 Å². The highest BCUT2D eigenvalue weighted by atomic mass is 16.5. The molecule has 0 bridgehead atoms. The lowest BCUT2D eigenvalue weighted by Gasteiger charge is -2.40. The second-order valence-corrected chi connectivity index (χ2v) is 8.08. The van der Waals surface area contributed by atoms with Crippen molar-refractivity contribution in [2.75, 3.05) is 53.0 Å². The topological polar surface area (TPSA) is 53.1 Å². The van der Waals surface area contributed by atoms with Crippen LogP contribution in [0.2, 0.25) is 0 Å². The number of nitrogens with zero attached hydrogens (tertiary/aromatic N) is 3. The second kappa shape index (κ2) is 10.3. The summed E-state index contributed by atoms with van der Waals surface area (Å²) in [5, 5.41) is 0. The zero-order chi connectivity index (χ0) is 19.1. The summed E-state index contributed by atoms with van der Waals surface area (Å²) in [6.45, 7) is 11.0. The van der Waals surface area contributed by atoms with Crippen LogP contribution in [0.15, 0.2) is 0 Å². The lowest BCUT2D eigenvalue weighted by molar-refractivity contribution is -0.138. The Kier molecular flexibility index (Phi) is 8.35. The maximum atomic E-state index is 12.4. The number of carbonyl (C=O) groups is 2. The van der Waals surface area contributed by atoms with Crippen LogP contribution < -0.4 is 0 Å². The van der Waals surface area contributed by atoms with E-state index in [-0.39, 0.29) is 18.4 Å². The van der Waals surface area contributed by atoms with Crippen LogP contribution >= 0.6 is 0 Å². The second-order valence-electron chi connectivity index (χ2n) is 8.08. The molecule has 0 saturated carbocycles. The van der Waals surface area contributed by atoms with Crippen LogP contribution in [0, 0.1) is 11.8 Å². The van der Waals surface area contributed by atoms with Gasteiger partial charge < -0.3 is 14.5 Å². The molecule has 2 aliphatic rings. The summed E-state index contributed by atoms with van der Waals surface area (Å²) >= 11 is 0. The van der Waals surface area contributed by atoms with Gasteiger partial charge in [-0.2, -0.15) is 0 Å². The number of amides is 2. The summed E-state index contributed by atoms with van der Waals surface area (Å²) in [5.74, 6) is 1.78. The number of hydrogen-bond acceptors (Lipinski definition) is 4. The maximum Gasteiger partial charge on any atom is 0.248 e. The van der Waals surface area contributed by atoms with Gasteiger partial charge in [0.25, 0.3) is 0 Å². The minimum Gasteiger partial charge on any atom is -0.372 e. The summed E-state index contributed by atoms with van der Waals surface area (Å²) in [6, 6.07) is 0.395. The Hall–Kier alpha value is -1.14. The predicted molar refractivity (Wildman–Crippen MR) is 103 cm³/mol. The van der Waals surface area contributed by atoms with Gasteiger partial charge in [-0.15, -0.1) is 0 Å². The molecular weight excluding hydrogens is 330 g/mol. The highest BCUT2D eigenvalue weighted by Gasteiger charge is 2.32. The molecule has 2 fully saturated rings. The average molecular weight is 368 g/mol. The van der Waals surface area contributed by atoms with Gasteiger partial charge in [0, 0.05) is 38.8 Å². The number of carbonyl (C=O) groups excluding carboxylic acids is 2. The first kappa shape index (κ1) is 21.2. The van der Waals surface area contributed by atoms with Crippen molar-refractivity contribution in [2.45, 2.75) is 52.5 Å². The van der Waals surface area contributed by atoms with E-state index in [0.29, 0.717) is 31.0 Å². The average Bonchev–Trinajstić information content (AvgIpc) is 2.66. The molecule has 2 amide bonds. The SMILES string of the molecule is CCOCC(=O)N1CCC(C2CCN(C(=O)CN(C)C(C)C)CC2)CC1. The molecule has 0 N–H and O–H groups in total. The summed E-state index contributed by atoms with van der Waals surface area (Å²) in [5.41, 5.74) is 0. The van der Waals surface area contributed by atoms with E-state index >= 15 is 0 Å². The standard InChI is InChI=1S/C20H37N3O3/c1-5-26-15-20(25)23-12-8-18(9-13-23)17-6-10-22(11-7-17)19(24)14-21(4)16(2)3/h16-18H,5-15H2,1-4H3. The molecule has 0 unspecified atom stereocenters. The van der Waals surface area contributed by atoms with Crippen LogP contribution in [-0.4, -0.2) is 85.5 Å². The molecule has 0 aromatic rings. The number of rotatable bonds is 7. The minimum atomic E-state index is 0.125. The van der Waals surface area contributed by atoms with Gasteiger partial charge in [-0.3, -0.25) is 14.5 Å². The zero-order valence-electron chi connectivity index (χ0n) is 17.1. The Bertz CT molecular complexity index is 453. The molecule has 6 nitrogen and oxygen atoms in total. The molecule has 0 spiro atoms. The highest BCUT2D eigenvalue weighted by Crippen LogP contribution is 2.32. The van der Waals surface area contributed by atoms with Crippen LogP contribution in [0.5, 0.6) is 0 Å². The quantitative estimate of drug-likeness (QED) is 0.689. The van der Waals surface area contributed by atoms with Crippen molar-refractivity contribution in [1.82, 2.24) is 14.7 Å². The largest absolute Gasteiger partial charge is 0.372 e. The zero-order valence-corrected chi connectivity index (χ0v) is 17.1. The molecule has 26 heavy (non-hydrogen) atoms. The normalized spacial score (nSPS) is 20.2. The Morgan fingerprint density at radius 2 is 1.42 bits per heavy atom. The van der Waals surface area contributed by atoms with Gasteiger partial charge in [-0.25, -0.2) is 0 Å². The van der Waals surface area contributed by atoms with Gasteiger partial charge in [0.2, 0.25) is 11.8 Å². The van der Waals surface area contributed by atoms with E-state index in [0.717, 1.165) is 51.9 Å². The van der Waals surface area contributed by atoms with Crippen molar-refractivity contribution in [2.24, 2.45) is 11.8 Å². The third-order valence-electron chi connectivity index (χ3n) is 6.15. The van der Waals surface area contributed by atoms with Crippen molar-refractivity contribution >= 4 is 11.8 Å². The van der Waals surface area contributed by atoms with Gasteiger partial charge >= 0.3 is 0 Å². The van der Waals surface area contributed by atoms with Crippen molar-refractivity contribution in [3.05, 3.63) is 0 Å². The third-order valence-corrected chi connectivity index (χ3v) is 6.15. The van der Waals surface area contributed by atoms with Crippen molar-refractivity contribution in [3.63, 3.8) is 0 Å². The molecule has 0 aromatic carbocycles. The van der Waals surface area contributed by atoms with E-state index in [9.17, 15) is 9.59 Å². The van der Waals surface area contributed by atoms with Crippen molar-refractivity contribution in [1.29, 1.82) is 0 Å². The number of likely N-dealkylation sites (tertiary alicyclic amines) is 2. The molecule has 0 aliphatic carbocycles. The third kappa shape index (κ3) is 5.95. The molecule has 0 aromatic heterocycles. The Morgan fingerprint density at radius 3 is 1.85 bits per heavy atom. The summed E-state index contributed by atoms with van der Waals surface area (Å²) in [7, 11) is 2.01. The predicted octanol–water partition coefficient (Wildman–Crippen LogP) is 1.84. The fourth-order valence-electron chi connectivity index (χ4n) is 4.02. The van der Waals surface area contributed by atoms with E-state index in [1.807, 2.05) is 23.8 Å². The summed E-state index contributed by atoms with van der Waals surface area (Å²) < 4.78 is 5.24. The molecule has 2 rings (SSSR count). The molecule has 6 heteroatoms. The number of ether oxygens (including phenoxy) is 1. The van der Waals surface area contributed by atoms with Gasteiger partial charge in [-0.05, 0) is 65.3 Å². The number of likely N-dealkylation sites (N-methyl/N-ethyl adjacent to an activating group) is 1. The van der Waals surface area contributed by atoms with Crippen LogP contribution in [0.1, 0.15) is 46.5 Å².